The number of benzene rings is 2. The van der Waals surface area contributed by atoms with Gasteiger partial charge in [0.1, 0.15) is 11.6 Å². The van der Waals surface area contributed by atoms with Crippen LogP contribution < -0.4 is 15.5 Å². The van der Waals surface area contributed by atoms with E-state index >= 15 is 0 Å². The first kappa shape index (κ1) is 21.9. The van der Waals surface area contributed by atoms with Crippen LogP contribution in [-0.4, -0.2) is 21.6 Å². The van der Waals surface area contributed by atoms with Crippen molar-refractivity contribution in [2.75, 3.05) is 16.8 Å². The van der Waals surface area contributed by atoms with Gasteiger partial charge in [-0.1, -0.05) is 36.4 Å². The van der Waals surface area contributed by atoms with E-state index in [1.54, 1.807) is 17.0 Å². The van der Waals surface area contributed by atoms with Crippen molar-refractivity contribution < 1.29 is 17.6 Å². The highest BCUT2D eigenvalue weighted by Gasteiger charge is 2.34. The summed E-state index contributed by atoms with van der Waals surface area (Å²) in [6, 6.07) is 14.6. The number of rotatable bonds is 4. The van der Waals surface area contributed by atoms with Crippen LogP contribution in [0.2, 0.25) is 0 Å². The maximum atomic E-state index is 13.5. The SMILES string of the molecule is Fc1ccc(CNC(=S)Nc2nc(N3CCc4ccccc4C3)cc(C(F)(F)F)n2)cc1. The number of nitrogens with one attached hydrogen (secondary N) is 2. The lowest BCUT2D eigenvalue weighted by molar-refractivity contribution is -0.141. The number of aromatic nitrogens is 2. The summed E-state index contributed by atoms with van der Waals surface area (Å²) >= 11 is 5.18. The Labute approximate surface area is 187 Å². The number of hydrogen-bond acceptors (Lipinski definition) is 4. The summed E-state index contributed by atoms with van der Waals surface area (Å²) in [6.07, 6.45) is -3.92. The zero-order valence-electron chi connectivity index (χ0n) is 16.8. The number of anilines is 2. The van der Waals surface area contributed by atoms with Crippen molar-refractivity contribution in [2.24, 2.45) is 0 Å². The van der Waals surface area contributed by atoms with Gasteiger partial charge in [-0.25, -0.2) is 9.37 Å². The van der Waals surface area contributed by atoms with E-state index in [1.165, 1.54) is 17.7 Å². The highest BCUT2D eigenvalue weighted by Crippen LogP contribution is 2.32. The monoisotopic (exact) mass is 461 g/mol. The Bertz CT molecular complexity index is 1120. The standard InChI is InChI=1S/C22H19F4N5S/c23-17-7-5-14(6-8-17)12-27-21(32)30-20-28-18(22(24,25)26)11-19(29-20)31-10-9-15-3-1-2-4-16(15)13-31/h1-8,11H,9-10,12-13H2,(H2,27,28,29,30,32). The van der Waals surface area contributed by atoms with E-state index in [9.17, 15) is 17.6 Å². The predicted molar refractivity (Wildman–Crippen MR) is 118 cm³/mol. The molecule has 3 aromatic rings. The third-order valence-electron chi connectivity index (χ3n) is 5.05. The minimum absolute atomic E-state index is 0.0589. The number of halogens is 4. The molecular formula is C22H19F4N5S. The summed E-state index contributed by atoms with van der Waals surface area (Å²) in [5.74, 6) is -0.435. The van der Waals surface area contributed by atoms with Crippen LogP contribution in [0.25, 0.3) is 0 Å². The molecule has 2 N–H and O–H groups in total. The Morgan fingerprint density at radius 3 is 2.47 bits per heavy atom. The van der Waals surface area contributed by atoms with Crippen molar-refractivity contribution in [2.45, 2.75) is 25.7 Å². The lowest BCUT2D eigenvalue weighted by Gasteiger charge is -2.30. The van der Waals surface area contributed by atoms with Crippen LogP contribution in [0, 0.1) is 5.82 Å². The van der Waals surface area contributed by atoms with Crippen LogP contribution in [-0.2, 0) is 25.7 Å². The molecule has 0 saturated heterocycles. The molecular weight excluding hydrogens is 442 g/mol. The van der Waals surface area contributed by atoms with E-state index in [2.05, 4.69) is 20.6 Å². The Morgan fingerprint density at radius 2 is 1.75 bits per heavy atom. The summed E-state index contributed by atoms with van der Waals surface area (Å²) < 4.78 is 53.4. The van der Waals surface area contributed by atoms with Crippen LogP contribution in [0.3, 0.4) is 0 Å². The van der Waals surface area contributed by atoms with Gasteiger partial charge in [0.15, 0.2) is 10.8 Å². The summed E-state index contributed by atoms with van der Waals surface area (Å²) in [7, 11) is 0. The van der Waals surface area contributed by atoms with Crippen molar-refractivity contribution in [3.8, 4) is 0 Å². The molecule has 0 spiro atoms. The molecule has 0 radical (unpaired) electrons. The minimum Gasteiger partial charge on any atom is -0.358 e. The Hall–Kier alpha value is -3.27. The highest BCUT2D eigenvalue weighted by atomic mass is 32.1. The summed E-state index contributed by atoms with van der Waals surface area (Å²) in [5.41, 5.74) is 1.94. The second kappa shape index (κ2) is 9.07. The largest absolute Gasteiger partial charge is 0.433 e. The molecule has 0 fully saturated rings. The second-order valence-electron chi connectivity index (χ2n) is 7.31. The van der Waals surface area contributed by atoms with E-state index in [1.807, 2.05) is 24.3 Å². The average Bonchev–Trinajstić information content (AvgIpc) is 2.77. The van der Waals surface area contributed by atoms with E-state index in [0.29, 0.717) is 19.5 Å². The van der Waals surface area contributed by atoms with E-state index in [-0.39, 0.29) is 29.2 Å². The fraction of sp³-hybridized carbons (Fsp3) is 0.227. The average molecular weight is 461 g/mol. The molecule has 2 aromatic carbocycles. The molecule has 1 aliphatic rings. The number of hydrogen-bond donors (Lipinski definition) is 2. The molecule has 0 unspecified atom stereocenters. The lowest BCUT2D eigenvalue weighted by Crippen LogP contribution is -2.33. The van der Waals surface area contributed by atoms with Gasteiger partial charge >= 0.3 is 6.18 Å². The molecule has 0 saturated carbocycles. The molecule has 0 atom stereocenters. The smallest absolute Gasteiger partial charge is 0.358 e. The van der Waals surface area contributed by atoms with Gasteiger partial charge in [0.05, 0.1) is 0 Å². The van der Waals surface area contributed by atoms with Crippen LogP contribution >= 0.6 is 12.2 Å². The first-order valence-electron chi connectivity index (χ1n) is 9.85. The normalized spacial score (nSPS) is 13.4. The van der Waals surface area contributed by atoms with Gasteiger partial charge in [-0.15, -0.1) is 0 Å². The first-order chi connectivity index (χ1) is 15.3. The predicted octanol–water partition coefficient (Wildman–Crippen LogP) is 4.68. The van der Waals surface area contributed by atoms with Crippen LogP contribution in [0.15, 0.2) is 54.6 Å². The van der Waals surface area contributed by atoms with Crippen molar-refractivity contribution >= 4 is 29.1 Å². The molecule has 10 heteroatoms. The molecule has 166 valence electrons. The van der Waals surface area contributed by atoms with Crippen molar-refractivity contribution in [3.05, 3.63) is 82.8 Å². The van der Waals surface area contributed by atoms with Crippen molar-refractivity contribution in [1.29, 1.82) is 0 Å². The lowest BCUT2D eigenvalue weighted by atomic mass is 10.00. The maximum absolute atomic E-state index is 13.5. The van der Waals surface area contributed by atoms with Crippen LogP contribution in [0.4, 0.5) is 29.3 Å². The first-order valence-corrected chi connectivity index (χ1v) is 10.3. The summed E-state index contributed by atoms with van der Waals surface area (Å²) in [6.45, 7) is 1.26. The fourth-order valence-electron chi connectivity index (χ4n) is 3.42. The zero-order valence-corrected chi connectivity index (χ0v) is 17.6. The molecule has 32 heavy (non-hydrogen) atoms. The quantitative estimate of drug-likeness (QED) is 0.435. The molecule has 2 heterocycles. The molecule has 4 rings (SSSR count). The van der Waals surface area contributed by atoms with Crippen molar-refractivity contribution in [1.82, 2.24) is 15.3 Å². The Kier molecular flexibility index (Phi) is 6.22. The third kappa shape index (κ3) is 5.31. The third-order valence-corrected chi connectivity index (χ3v) is 5.30. The Balaban J connectivity index is 1.51. The second-order valence-corrected chi connectivity index (χ2v) is 7.72. The molecule has 1 aromatic heterocycles. The van der Waals surface area contributed by atoms with Crippen LogP contribution in [0.1, 0.15) is 22.4 Å². The number of fused-ring (bicyclic) bond motifs is 1. The topological polar surface area (TPSA) is 53.1 Å². The van der Waals surface area contributed by atoms with Gasteiger partial charge in [0.2, 0.25) is 5.95 Å². The van der Waals surface area contributed by atoms with E-state index in [0.717, 1.165) is 17.2 Å². The molecule has 1 aliphatic heterocycles. The molecule has 0 bridgehead atoms. The number of thiocarbonyl (C=S) groups is 1. The Morgan fingerprint density at radius 1 is 1.03 bits per heavy atom. The van der Waals surface area contributed by atoms with Crippen molar-refractivity contribution in [3.63, 3.8) is 0 Å². The fourth-order valence-corrected chi connectivity index (χ4v) is 3.58. The maximum Gasteiger partial charge on any atom is 0.433 e. The number of nitrogens with zero attached hydrogens (tertiary/aromatic N) is 3. The summed E-state index contributed by atoms with van der Waals surface area (Å²) in [4.78, 5) is 9.67. The van der Waals surface area contributed by atoms with Gasteiger partial charge in [-0.05, 0) is 47.5 Å². The highest BCUT2D eigenvalue weighted by molar-refractivity contribution is 7.80. The molecule has 0 aliphatic carbocycles. The molecule has 5 nitrogen and oxygen atoms in total. The van der Waals surface area contributed by atoms with Gasteiger partial charge in [0, 0.05) is 25.7 Å². The van der Waals surface area contributed by atoms with Gasteiger partial charge < -0.3 is 15.5 Å². The summed E-state index contributed by atoms with van der Waals surface area (Å²) in [5, 5.41) is 5.55. The van der Waals surface area contributed by atoms with Gasteiger partial charge in [-0.2, -0.15) is 18.2 Å². The number of alkyl halides is 3. The zero-order chi connectivity index (χ0) is 22.7. The van der Waals surface area contributed by atoms with Gasteiger partial charge in [-0.3, -0.25) is 0 Å². The van der Waals surface area contributed by atoms with Crippen LogP contribution in [0.5, 0.6) is 0 Å². The minimum atomic E-state index is -4.63. The molecule has 0 amide bonds. The van der Waals surface area contributed by atoms with Gasteiger partial charge in [0.25, 0.3) is 0 Å². The van der Waals surface area contributed by atoms with E-state index in [4.69, 9.17) is 12.2 Å². The van der Waals surface area contributed by atoms with E-state index < -0.39 is 11.9 Å².